The van der Waals surface area contributed by atoms with E-state index in [1.807, 2.05) is 77.5 Å². The molecule has 0 aliphatic heterocycles. The second-order valence-electron chi connectivity index (χ2n) is 4.89. The van der Waals surface area contributed by atoms with Gasteiger partial charge in [-0.1, -0.05) is 60.7 Å². The molecule has 0 aliphatic rings. The van der Waals surface area contributed by atoms with E-state index in [0.29, 0.717) is 17.8 Å². The average molecular weight is 274 g/mol. The Bertz CT molecular complexity index is 736. The van der Waals surface area contributed by atoms with Crippen LogP contribution in [0, 0.1) is 0 Å². The monoisotopic (exact) mass is 274 g/mol. The molecule has 2 aromatic carbocycles. The van der Waals surface area contributed by atoms with Gasteiger partial charge in [0.25, 0.3) is 11.5 Å². The maximum Gasteiger partial charge on any atom is 0.256 e. The first-order valence-electron chi connectivity index (χ1n) is 6.97. The standard InChI is InChI=1S/C19H16NO/c21-19(17-11-5-2-6-12-17)18-13-7-8-14-20(18)15-16-9-3-1-4-10-16/h1-14H,15H2/q+1. The van der Waals surface area contributed by atoms with Crippen molar-refractivity contribution < 1.29 is 9.36 Å². The minimum Gasteiger partial charge on any atom is -0.282 e. The number of nitrogens with zero attached hydrogens (tertiary/aromatic N) is 1. The zero-order chi connectivity index (χ0) is 14.5. The second kappa shape index (κ2) is 6.14. The Morgan fingerprint density at radius 3 is 2.10 bits per heavy atom. The molecule has 0 amide bonds. The quantitative estimate of drug-likeness (QED) is 0.528. The summed E-state index contributed by atoms with van der Waals surface area (Å²) in [5.41, 5.74) is 2.59. The summed E-state index contributed by atoms with van der Waals surface area (Å²) >= 11 is 0. The maximum absolute atomic E-state index is 12.6. The van der Waals surface area contributed by atoms with Crippen LogP contribution < -0.4 is 4.57 Å². The van der Waals surface area contributed by atoms with E-state index in [-0.39, 0.29) is 5.78 Å². The number of hydrogen-bond acceptors (Lipinski definition) is 1. The van der Waals surface area contributed by atoms with Crippen LogP contribution in [-0.2, 0) is 6.54 Å². The molecule has 1 heterocycles. The molecule has 0 fully saturated rings. The van der Waals surface area contributed by atoms with E-state index in [9.17, 15) is 4.79 Å². The molecule has 2 nitrogen and oxygen atoms in total. The summed E-state index contributed by atoms with van der Waals surface area (Å²) in [6.45, 7) is 0.690. The zero-order valence-electron chi connectivity index (χ0n) is 11.6. The van der Waals surface area contributed by atoms with Gasteiger partial charge in [-0.15, -0.1) is 0 Å². The fourth-order valence-electron chi connectivity index (χ4n) is 2.34. The van der Waals surface area contributed by atoms with Crippen LogP contribution in [0.15, 0.2) is 85.1 Å². The topological polar surface area (TPSA) is 20.9 Å². The van der Waals surface area contributed by atoms with Gasteiger partial charge in [-0.3, -0.25) is 4.79 Å². The lowest BCUT2D eigenvalue weighted by molar-refractivity contribution is -0.690. The Morgan fingerprint density at radius 1 is 0.762 bits per heavy atom. The van der Waals surface area contributed by atoms with Gasteiger partial charge in [0.15, 0.2) is 12.7 Å². The Kier molecular flexibility index (Phi) is 3.88. The van der Waals surface area contributed by atoms with Crippen molar-refractivity contribution in [1.82, 2.24) is 0 Å². The van der Waals surface area contributed by atoms with Gasteiger partial charge >= 0.3 is 0 Å². The summed E-state index contributed by atoms with van der Waals surface area (Å²) in [5, 5.41) is 0. The number of pyridine rings is 1. The number of benzene rings is 2. The number of carbonyl (C=O) groups is 1. The molecular weight excluding hydrogens is 258 g/mol. The van der Waals surface area contributed by atoms with Gasteiger partial charge < -0.3 is 0 Å². The van der Waals surface area contributed by atoms with Crippen LogP contribution in [0.4, 0.5) is 0 Å². The lowest BCUT2D eigenvalue weighted by Crippen LogP contribution is -2.40. The first-order chi connectivity index (χ1) is 10.3. The minimum atomic E-state index is 0.0483. The van der Waals surface area contributed by atoms with Gasteiger partial charge in [-0.25, -0.2) is 0 Å². The van der Waals surface area contributed by atoms with Gasteiger partial charge in [0.05, 0.1) is 0 Å². The van der Waals surface area contributed by atoms with E-state index in [1.54, 1.807) is 0 Å². The van der Waals surface area contributed by atoms with Gasteiger partial charge in [-0.05, 0) is 6.07 Å². The van der Waals surface area contributed by atoms with Crippen molar-refractivity contribution in [2.24, 2.45) is 0 Å². The predicted octanol–water partition coefficient (Wildman–Crippen LogP) is 3.25. The van der Waals surface area contributed by atoms with Crippen LogP contribution in [0.5, 0.6) is 0 Å². The molecule has 0 saturated carbocycles. The Morgan fingerprint density at radius 2 is 1.38 bits per heavy atom. The smallest absolute Gasteiger partial charge is 0.256 e. The molecule has 0 unspecified atom stereocenters. The highest BCUT2D eigenvalue weighted by Crippen LogP contribution is 2.07. The lowest BCUT2D eigenvalue weighted by atomic mass is 10.1. The van der Waals surface area contributed by atoms with Crippen molar-refractivity contribution in [3.8, 4) is 0 Å². The molecule has 0 spiro atoms. The van der Waals surface area contributed by atoms with Crippen molar-refractivity contribution in [1.29, 1.82) is 0 Å². The number of ketones is 1. The summed E-state index contributed by atoms with van der Waals surface area (Å²) in [6, 6.07) is 25.3. The summed E-state index contributed by atoms with van der Waals surface area (Å²) < 4.78 is 1.99. The van der Waals surface area contributed by atoms with Gasteiger partial charge in [0, 0.05) is 23.3 Å². The van der Waals surface area contributed by atoms with Crippen LogP contribution in [0.25, 0.3) is 0 Å². The number of aromatic nitrogens is 1. The fourth-order valence-corrected chi connectivity index (χ4v) is 2.34. The molecular formula is C19H16NO+. The van der Waals surface area contributed by atoms with Gasteiger partial charge in [-0.2, -0.15) is 4.57 Å². The summed E-state index contributed by atoms with van der Waals surface area (Å²) in [4.78, 5) is 12.6. The summed E-state index contributed by atoms with van der Waals surface area (Å²) in [5.74, 6) is 0.0483. The van der Waals surface area contributed by atoms with E-state index in [4.69, 9.17) is 0 Å². The summed E-state index contributed by atoms with van der Waals surface area (Å²) in [6.07, 6.45) is 1.95. The average Bonchev–Trinajstić information content (AvgIpc) is 2.56. The third-order valence-corrected chi connectivity index (χ3v) is 3.41. The molecule has 2 heteroatoms. The predicted molar refractivity (Wildman–Crippen MR) is 82.1 cm³/mol. The van der Waals surface area contributed by atoms with Crippen molar-refractivity contribution in [3.05, 3.63) is 102 Å². The molecule has 102 valence electrons. The minimum absolute atomic E-state index is 0.0483. The maximum atomic E-state index is 12.6. The van der Waals surface area contributed by atoms with E-state index in [2.05, 4.69) is 12.1 Å². The van der Waals surface area contributed by atoms with Crippen LogP contribution in [-0.4, -0.2) is 5.78 Å². The molecule has 0 saturated heterocycles. The van der Waals surface area contributed by atoms with Crippen molar-refractivity contribution >= 4 is 5.78 Å². The highest BCUT2D eigenvalue weighted by Gasteiger charge is 2.19. The highest BCUT2D eigenvalue weighted by atomic mass is 16.1. The second-order valence-corrected chi connectivity index (χ2v) is 4.89. The molecule has 0 bridgehead atoms. The van der Waals surface area contributed by atoms with E-state index in [1.165, 1.54) is 5.56 Å². The van der Waals surface area contributed by atoms with Gasteiger partial charge in [0.2, 0.25) is 0 Å². The molecule has 3 aromatic rings. The number of rotatable bonds is 4. The lowest BCUT2D eigenvalue weighted by Gasteiger charge is -2.03. The third-order valence-electron chi connectivity index (χ3n) is 3.41. The van der Waals surface area contributed by atoms with Crippen LogP contribution in [0.2, 0.25) is 0 Å². The van der Waals surface area contributed by atoms with Crippen LogP contribution in [0.1, 0.15) is 21.6 Å². The molecule has 3 rings (SSSR count). The van der Waals surface area contributed by atoms with Crippen LogP contribution >= 0.6 is 0 Å². The normalized spacial score (nSPS) is 10.3. The molecule has 1 aromatic heterocycles. The van der Waals surface area contributed by atoms with E-state index < -0.39 is 0 Å². The van der Waals surface area contributed by atoms with Crippen molar-refractivity contribution in [2.45, 2.75) is 6.54 Å². The van der Waals surface area contributed by atoms with Crippen molar-refractivity contribution in [2.75, 3.05) is 0 Å². The van der Waals surface area contributed by atoms with Gasteiger partial charge in [0.1, 0.15) is 0 Å². The summed E-state index contributed by atoms with van der Waals surface area (Å²) in [7, 11) is 0. The Labute approximate surface area is 124 Å². The molecule has 0 N–H and O–H groups in total. The first kappa shape index (κ1) is 13.3. The van der Waals surface area contributed by atoms with Crippen LogP contribution in [0.3, 0.4) is 0 Å². The Balaban J connectivity index is 1.95. The van der Waals surface area contributed by atoms with E-state index >= 15 is 0 Å². The molecule has 0 aliphatic carbocycles. The number of hydrogen-bond donors (Lipinski definition) is 0. The largest absolute Gasteiger partial charge is 0.282 e. The fraction of sp³-hybridized carbons (Fsp3) is 0.0526. The molecule has 0 atom stereocenters. The number of carbonyl (C=O) groups excluding carboxylic acids is 1. The van der Waals surface area contributed by atoms with Crippen molar-refractivity contribution in [3.63, 3.8) is 0 Å². The highest BCUT2D eigenvalue weighted by molar-refractivity contribution is 6.06. The zero-order valence-corrected chi connectivity index (χ0v) is 11.6. The Hall–Kier alpha value is -2.74. The van der Waals surface area contributed by atoms with E-state index in [0.717, 1.165) is 0 Å². The molecule has 0 radical (unpaired) electrons. The SMILES string of the molecule is O=C(c1ccccc1)c1cccc[n+]1Cc1ccccc1. The molecule has 21 heavy (non-hydrogen) atoms. The third kappa shape index (κ3) is 3.06. The first-order valence-corrected chi connectivity index (χ1v) is 6.97.